The number of carbonyl (C=O) groups is 1. The summed E-state index contributed by atoms with van der Waals surface area (Å²) in [6, 6.07) is 15.3. The molecule has 0 fully saturated rings. The molecule has 2 aromatic heterocycles. The van der Waals surface area contributed by atoms with Gasteiger partial charge in [0.15, 0.2) is 0 Å². The van der Waals surface area contributed by atoms with E-state index >= 15 is 0 Å². The number of aryl methyl sites for hydroxylation is 2. The normalized spacial score (nSPS) is 11.1. The molecule has 27 heavy (non-hydrogen) atoms. The van der Waals surface area contributed by atoms with Crippen LogP contribution in [0, 0.1) is 13.8 Å². The van der Waals surface area contributed by atoms with Gasteiger partial charge >= 0.3 is 0 Å². The number of benzene rings is 2. The largest absolute Gasteiger partial charge is 0.310 e. The van der Waals surface area contributed by atoms with Gasteiger partial charge < -0.3 is 5.32 Å². The summed E-state index contributed by atoms with van der Waals surface area (Å²) in [4.78, 5) is 17.2. The highest BCUT2D eigenvalue weighted by molar-refractivity contribution is 7.21. The average molecular weight is 397 g/mol. The van der Waals surface area contributed by atoms with E-state index in [1.807, 2.05) is 62.4 Å². The highest BCUT2D eigenvalue weighted by atomic mass is 35.5. The van der Waals surface area contributed by atoms with Crippen molar-refractivity contribution in [2.75, 3.05) is 5.32 Å². The van der Waals surface area contributed by atoms with Crippen LogP contribution in [0.4, 0.5) is 5.82 Å². The van der Waals surface area contributed by atoms with E-state index in [-0.39, 0.29) is 5.91 Å². The third-order valence-electron chi connectivity index (χ3n) is 4.17. The number of halogens is 1. The first kappa shape index (κ1) is 17.7. The maximum atomic E-state index is 12.5. The van der Waals surface area contributed by atoms with Gasteiger partial charge in [0, 0.05) is 6.07 Å². The molecule has 0 radical (unpaired) electrons. The molecule has 0 aliphatic carbocycles. The number of rotatable bonds is 4. The summed E-state index contributed by atoms with van der Waals surface area (Å²) in [5.41, 5.74) is 3.67. The third-order valence-corrected chi connectivity index (χ3v) is 5.66. The second-order valence-electron chi connectivity index (χ2n) is 6.33. The average Bonchev–Trinajstić information content (AvgIpc) is 3.23. The molecule has 0 saturated heterocycles. The van der Waals surface area contributed by atoms with Crippen LogP contribution in [-0.2, 0) is 11.2 Å². The molecule has 0 saturated carbocycles. The van der Waals surface area contributed by atoms with Crippen LogP contribution in [0.2, 0.25) is 5.02 Å². The van der Waals surface area contributed by atoms with Gasteiger partial charge in [0.05, 0.1) is 27.4 Å². The smallest absolute Gasteiger partial charge is 0.229 e. The van der Waals surface area contributed by atoms with Crippen LogP contribution in [0.15, 0.2) is 48.5 Å². The van der Waals surface area contributed by atoms with Crippen molar-refractivity contribution in [3.05, 3.63) is 70.4 Å². The monoisotopic (exact) mass is 396 g/mol. The number of nitrogens with one attached hydrogen (secondary N) is 1. The molecule has 0 bridgehead atoms. The molecule has 136 valence electrons. The number of thiazole rings is 1. The van der Waals surface area contributed by atoms with Gasteiger partial charge in [0.1, 0.15) is 5.82 Å². The summed E-state index contributed by atoms with van der Waals surface area (Å²) in [5, 5.41) is 8.78. The minimum Gasteiger partial charge on any atom is -0.310 e. The van der Waals surface area contributed by atoms with Crippen LogP contribution >= 0.6 is 22.9 Å². The van der Waals surface area contributed by atoms with Gasteiger partial charge in [-0.1, -0.05) is 59.3 Å². The molecule has 7 heteroatoms. The molecule has 5 nitrogen and oxygen atoms in total. The number of anilines is 1. The van der Waals surface area contributed by atoms with Crippen LogP contribution in [0.1, 0.15) is 16.8 Å². The Morgan fingerprint density at radius 1 is 1.19 bits per heavy atom. The summed E-state index contributed by atoms with van der Waals surface area (Å²) < 4.78 is 2.58. The minimum absolute atomic E-state index is 0.0994. The van der Waals surface area contributed by atoms with E-state index < -0.39 is 0 Å². The third kappa shape index (κ3) is 3.59. The first-order valence-corrected chi connectivity index (χ1v) is 9.67. The summed E-state index contributed by atoms with van der Waals surface area (Å²) in [5.74, 6) is 0.499. The summed E-state index contributed by atoms with van der Waals surface area (Å²) >= 11 is 7.78. The van der Waals surface area contributed by atoms with Crippen LogP contribution in [-0.4, -0.2) is 20.7 Å². The van der Waals surface area contributed by atoms with Crippen molar-refractivity contribution < 1.29 is 4.79 Å². The topological polar surface area (TPSA) is 59.8 Å². The zero-order valence-corrected chi connectivity index (χ0v) is 16.4. The first-order valence-electron chi connectivity index (χ1n) is 8.48. The lowest BCUT2D eigenvalue weighted by molar-refractivity contribution is -0.115. The second kappa shape index (κ2) is 7.13. The van der Waals surface area contributed by atoms with Gasteiger partial charge in [-0.15, -0.1) is 0 Å². The zero-order chi connectivity index (χ0) is 19.0. The number of hydrogen-bond donors (Lipinski definition) is 1. The lowest BCUT2D eigenvalue weighted by atomic mass is 10.1. The Bertz CT molecular complexity index is 1090. The summed E-state index contributed by atoms with van der Waals surface area (Å²) in [6.07, 6.45) is 0.301. The molecule has 2 heterocycles. The zero-order valence-electron chi connectivity index (χ0n) is 14.9. The molecular formula is C20H17ClN4OS. The van der Waals surface area contributed by atoms with Gasteiger partial charge in [-0.3, -0.25) is 4.79 Å². The number of nitrogens with zero attached hydrogens (tertiary/aromatic N) is 3. The highest BCUT2D eigenvalue weighted by Gasteiger charge is 2.16. The van der Waals surface area contributed by atoms with Crippen LogP contribution < -0.4 is 5.32 Å². The van der Waals surface area contributed by atoms with E-state index in [1.54, 1.807) is 4.68 Å². The predicted octanol–water partition coefficient (Wildman–Crippen LogP) is 4.93. The summed E-state index contributed by atoms with van der Waals surface area (Å²) in [6.45, 7) is 3.88. The molecule has 0 aliphatic rings. The van der Waals surface area contributed by atoms with E-state index in [9.17, 15) is 4.79 Å². The number of amides is 1. The van der Waals surface area contributed by atoms with E-state index in [0.29, 0.717) is 22.4 Å². The Kier molecular flexibility index (Phi) is 4.68. The molecule has 1 amide bonds. The Labute approximate surface area is 165 Å². The Morgan fingerprint density at radius 2 is 1.96 bits per heavy atom. The molecule has 0 spiro atoms. The van der Waals surface area contributed by atoms with Crippen molar-refractivity contribution in [3.8, 4) is 5.13 Å². The maximum absolute atomic E-state index is 12.5. The van der Waals surface area contributed by atoms with E-state index in [4.69, 9.17) is 16.6 Å². The molecule has 1 N–H and O–H groups in total. The second-order valence-corrected chi connectivity index (χ2v) is 7.72. The van der Waals surface area contributed by atoms with Crippen molar-refractivity contribution >= 4 is 44.9 Å². The van der Waals surface area contributed by atoms with Crippen molar-refractivity contribution in [1.82, 2.24) is 14.8 Å². The fourth-order valence-electron chi connectivity index (χ4n) is 2.88. The van der Waals surface area contributed by atoms with E-state index in [1.165, 1.54) is 11.3 Å². The standard InChI is InChI=1S/C20H17ClN4OS/c1-12-8-9-15(21)19-18(12)23-20(27-19)25-16(10-13(2)24-25)22-17(26)11-14-6-4-3-5-7-14/h3-10H,11H2,1-2H3,(H,22,26). The molecule has 0 atom stereocenters. The highest BCUT2D eigenvalue weighted by Crippen LogP contribution is 2.34. The molecule has 4 aromatic rings. The quantitative estimate of drug-likeness (QED) is 0.531. The van der Waals surface area contributed by atoms with Crippen molar-refractivity contribution in [3.63, 3.8) is 0 Å². The number of aromatic nitrogens is 3. The fourth-order valence-corrected chi connectivity index (χ4v) is 4.17. The van der Waals surface area contributed by atoms with Crippen LogP contribution in [0.25, 0.3) is 15.3 Å². The SMILES string of the molecule is Cc1cc(NC(=O)Cc2ccccc2)n(-c2nc3c(C)ccc(Cl)c3s2)n1. The Balaban J connectivity index is 1.66. The van der Waals surface area contributed by atoms with Gasteiger partial charge in [-0.25, -0.2) is 4.98 Å². The van der Waals surface area contributed by atoms with Gasteiger partial charge in [-0.05, 0) is 31.0 Å². The first-order chi connectivity index (χ1) is 13.0. The van der Waals surface area contributed by atoms with Gasteiger partial charge in [0.2, 0.25) is 11.0 Å². The molecule has 2 aromatic carbocycles. The van der Waals surface area contributed by atoms with Crippen molar-refractivity contribution in [2.24, 2.45) is 0 Å². The maximum Gasteiger partial charge on any atom is 0.229 e. The fraction of sp³-hybridized carbons (Fsp3) is 0.150. The van der Waals surface area contributed by atoms with Crippen LogP contribution in [0.3, 0.4) is 0 Å². The van der Waals surface area contributed by atoms with E-state index in [0.717, 1.165) is 27.0 Å². The Hall–Kier alpha value is -2.70. The number of fused-ring (bicyclic) bond motifs is 1. The van der Waals surface area contributed by atoms with Crippen molar-refractivity contribution in [1.29, 1.82) is 0 Å². The number of carbonyl (C=O) groups excluding carboxylic acids is 1. The van der Waals surface area contributed by atoms with Crippen LogP contribution in [0.5, 0.6) is 0 Å². The molecule has 0 unspecified atom stereocenters. The lowest BCUT2D eigenvalue weighted by Gasteiger charge is -2.06. The predicted molar refractivity (Wildman–Crippen MR) is 110 cm³/mol. The lowest BCUT2D eigenvalue weighted by Crippen LogP contribution is -2.17. The van der Waals surface area contributed by atoms with E-state index in [2.05, 4.69) is 10.4 Å². The molecule has 4 rings (SSSR count). The minimum atomic E-state index is -0.0994. The number of hydrogen-bond acceptors (Lipinski definition) is 4. The molecule has 0 aliphatic heterocycles. The van der Waals surface area contributed by atoms with Crippen molar-refractivity contribution in [2.45, 2.75) is 20.3 Å². The molecular weight excluding hydrogens is 380 g/mol. The van der Waals surface area contributed by atoms with Gasteiger partial charge in [0.25, 0.3) is 0 Å². The Morgan fingerprint density at radius 3 is 2.70 bits per heavy atom. The summed E-state index contributed by atoms with van der Waals surface area (Å²) in [7, 11) is 0. The van der Waals surface area contributed by atoms with Gasteiger partial charge in [-0.2, -0.15) is 9.78 Å².